The van der Waals surface area contributed by atoms with E-state index < -0.39 is 0 Å². The first-order chi connectivity index (χ1) is 15.1. The summed E-state index contributed by atoms with van der Waals surface area (Å²) in [7, 11) is 3.06. The van der Waals surface area contributed by atoms with E-state index >= 15 is 0 Å². The van der Waals surface area contributed by atoms with Gasteiger partial charge in [-0.2, -0.15) is 4.98 Å². The molecule has 4 aromatic rings. The third-order valence-corrected chi connectivity index (χ3v) is 4.57. The number of carbonyl (C=O) groups is 1. The standard InChI is InChI=1S/C22H21N5O4/c1-4-31-22-23-8-7-15(26-22)17-9-14-12-24-20(11-16(14)25-17)27-21(28)13-5-6-18(29-2)19(10-13)30-3/h5-12,25H,4H2,1-3H3,(H,24,27,28). The number of aromatic amines is 1. The van der Waals surface area contributed by atoms with Crippen molar-refractivity contribution < 1.29 is 19.0 Å². The molecular formula is C22H21N5O4. The molecule has 0 radical (unpaired) electrons. The van der Waals surface area contributed by atoms with E-state index in [1.165, 1.54) is 7.11 Å². The van der Waals surface area contributed by atoms with Gasteiger partial charge in [-0.1, -0.05) is 0 Å². The van der Waals surface area contributed by atoms with Gasteiger partial charge < -0.3 is 24.5 Å². The van der Waals surface area contributed by atoms with Crippen LogP contribution in [0.4, 0.5) is 5.82 Å². The summed E-state index contributed by atoms with van der Waals surface area (Å²) in [4.78, 5) is 28.8. The minimum Gasteiger partial charge on any atom is -0.493 e. The Morgan fingerprint density at radius 3 is 2.68 bits per heavy atom. The number of hydrogen-bond donors (Lipinski definition) is 2. The molecule has 1 amide bonds. The number of carbonyl (C=O) groups excluding carboxylic acids is 1. The molecule has 0 saturated carbocycles. The summed E-state index contributed by atoms with van der Waals surface area (Å²) < 4.78 is 15.8. The zero-order chi connectivity index (χ0) is 21.8. The van der Waals surface area contributed by atoms with Crippen molar-refractivity contribution in [2.24, 2.45) is 0 Å². The number of rotatable bonds is 7. The first-order valence-corrected chi connectivity index (χ1v) is 9.59. The number of anilines is 1. The van der Waals surface area contributed by atoms with Gasteiger partial charge in [0.2, 0.25) is 0 Å². The zero-order valence-corrected chi connectivity index (χ0v) is 17.3. The Balaban J connectivity index is 1.57. The zero-order valence-electron chi connectivity index (χ0n) is 17.3. The molecule has 0 aliphatic carbocycles. The Labute approximate surface area is 178 Å². The molecule has 0 fully saturated rings. The van der Waals surface area contributed by atoms with E-state index in [1.807, 2.05) is 13.0 Å². The number of H-pyrrole nitrogens is 1. The van der Waals surface area contributed by atoms with Gasteiger partial charge in [-0.3, -0.25) is 4.79 Å². The molecule has 4 rings (SSSR count). The number of fused-ring (bicyclic) bond motifs is 1. The number of nitrogens with zero attached hydrogens (tertiary/aromatic N) is 3. The van der Waals surface area contributed by atoms with Gasteiger partial charge in [0.15, 0.2) is 11.5 Å². The van der Waals surface area contributed by atoms with Crippen molar-refractivity contribution >= 4 is 22.6 Å². The number of hydrogen-bond acceptors (Lipinski definition) is 7. The third kappa shape index (κ3) is 4.25. The number of pyridine rings is 1. The maximum atomic E-state index is 12.7. The lowest BCUT2D eigenvalue weighted by atomic mass is 10.2. The van der Waals surface area contributed by atoms with Crippen molar-refractivity contribution in [1.29, 1.82) is 0 Å². The molecule has 0 aliphatic heterocycles. The van der Waals surface area contributed by atoms with Gasteiger partial charge in [0.25, 0.3) is 5.91 Å². The van der Waals surface area contributed by atoms with Crippen molar-refractivity contribution in [3.05, 3.63) is 54.4 Å². The fourth-order valence-electron chi connectivity index (χ4n) is 3.09. The van der Waals surface area contributed by atoms with E-state index in [9.17, 15) is 4.79 Å². The first kappa shape index (κ1) is 20.1. The van der Waals surface area contributed by atoms with Crippen LogP contribution in [0.25, 0.3) is 22.3 Å². The van der Waals surface area contributed by atoms with Crippen LogP contribution in [0, 0.1) is 0 Å². The summed E-state index contributed by atoms with van der Waals surface area (Å²) in [5, 5.41) is 3.69. The summed E-state index contributed by atoms with van der Waals surface area (Å²) in [6.07, 6.45) is 3.33. The van der Waals surface area contributed by atoms with Gasteiger partial charge >= 0.3 is 6.01 Å². The van der Waals surface area contributed by atoms with Crippen LogP contribution in [0.5, 0.6) is 17.5 Å². The van der Waals surface area contributed by atoms with Crippen LogP contribution >= 0.6 is 0 Å². The first-order valence-electron chi connectivity index (χ1n) is 9.59. The monoisotopic (exact) mass is 419 g/mol. The van der Waals surface area contributed by atoms with Crippen molar-refractivity contribution in [3.8, 4) is 28.9 Å². The number of ether oxygens (including phenoxy) is 3. The lowest BCUT2D eigenvalue weighted by molar-refractivity contribution is 0.102. The highest BCUT2D eigenvalue weighted by Gasteiger charge is 2.13. The average Bonchev–Trinajstić information content (AvgIpc) is 3.22. The van der Waals surface area contributed by atoms with Crippen LogP contribution in [-0.2, 0) is 0 Å². The lowest BCUT2D eigenvalue weighted by Gasteiger charge is -2.09. The highest BCUT2D eigenvalue weighted by atomic mass is 16.5. The van der Waals surface area contributed by atoms with Gasteiger partial charge in [-0.05, 0) is 37.3 Å². The van der Waals surface area contributed by atoms with Crippen molar-refractivity contribution in [1.82, 2.24) is 19.9 Å². The molecule has 0 spiro atoms. The Morgan fingerprint density at radius 2 is 1.90 bits per heavy atom. The van der Waals surface area contributed by atoms with Crippen molar-refractivity contribution in [3.63, 3.8) is 0 Å². The van der Waals surface area contributed by atoms with E-state index in [2.05, 4.69) is 25.3 Å². The van der Waals surface area contributed by atoms with Crippen molar-refractivity contribution in [2.75, 3.05) is 26.1 Å². The number of benzene rings is 1. The van der Waals surface area contributed by atoms with Gasteiger partial charge in [-0.25, -0.2) is 9.97 Å². The molecule has 0 saturated heterocycles. The van der Waals surface area contributed by atoms with Gasteiger partial charge in [0, 0.05) is 29.4 Å². The van der Waals surface area contributed by atoms with Crippen LogP contribution < -0.4 is 19.5 Å². The van der Waals surface area contributed by atoms with Gasteiger partial charge in [-0.15, -0.1) is 0 Å². The van der Waals surface area contributed by atoms with Crippen LogP contribution in [0.3, 0.4) is 0 Å². The minimum atomic E-state index is -0.309. The molecule has 1 aromatic carbocycles. The smallest absolute Gasteiger partial charge is 0.316 e. The van der Waals surface area contributed by atoms with Gasteiger partial charge in [0.05, 0.1) is 37.7 Å². The van der Waals surface area contributed by atoms with Crippen LogP contribution in [0.2, 0.25) is 0 Å². The quantitative estimate of drug-likeness (QED) is 0.470. The second kappa shape index (κ2) is 8.70. The fourth-order valence-corrected chi connectivity index (χ4v) is 3.09. The lowest BCUT2D eigenvalue weighted by Crippen LogP contribution is -2.13. The Morgan fingerprint density at radius 1 is 1.06 bits per heavy atom. The number of methoxy groups -OCH3 is 2. The molecule has 3 heterocycles. The molecule has 0 aliphatic rings. The predicted molar refractivity (Wildman–Crippen MR) is 116 cm³/mol. The summed E-state index contributed by atoms with van der Waals surface area (Å²) in [5.74, 6) is 1.13. The Bertz CT molecular complexity index is 1240. The molecule has 0 unspecified atom stereocenters. The second-order valence-corrected chi connectivity index (χ2v) is 6.52. The molecule has 9 nitrogen and oxygen atoms in total. The summed E-state index contributed by atoms with van der Waals surface area (Å²) in [6.45, 7) is 2.37. The molecule has 158 valence electrons. The Hall–Kier alpha value is -4.14. The summed E-state index contributed by atoms with van der Waals surface area (Å²) >= 11 is 0. The summed E-state index contributed by atoms with van der Waals surface area (Å²) in [6, 6.07) is 10.8. The van der Waals surface area contributed by atoms with E-state index in [0.717, 1.165) is 16.6 Å². The van der Waals surface area contributed by atoms with E-state index in [4.69, 9.17) is 14.2 Å². The number of nitrogens with one attached hydrogen (secondary N) is 2. The molecule has 31 heavy (non-hydrogen) atoms. The molecular weight excluding hydrogens is 398 g/mol. The largest absolute Gasteiger partial charge is 0.493 e. The van der Waals surface area contributed by atoms with E-state index in [0.29, 0.717) is 41.2 Å². The Kier molecular flexibility index (Phi) is 5.65. The summed E-state index contributed by atoms with van der Waals surface area (Å²) in [5.41, 5.74) is 2.73. The minimum absolute atomic E-state index is 0.309. The topological polar surface area (TPSA) is 111 Å². The van der Waals surface area contributed by atoms with Crippen molar-refractivity contribution in [2.45, 2.75) is 6.92 Å². The third-order valence-electron chi connectivity index (χ3n) is 4.57. The fraction of sp³-hybridized carbons (Fsp3) is 0.182. The normalized spacial score (nSPS) is 10.7. The SMILES string of the molecule is CCOc1nccc(-c2cc3cnc(NC(=O)c4ccc(OC)c(OC)c4)cc3[nH]2)n1. The highest BCUT2D eigenvalue weighted by molar-refractivity contribution is 6.04. The molecule has 9 heteroatoms. The molecule has 0 bridgehead atoms. The molecule has 0 atom stereocenters. The average molecular weight is 419 g/mol. The molecule has 2 N–H and O–H groups in total. The second-order valence-electron chi connectivity index (χ2n) is 6.52. The van der Waals surface area contributed by atoms with E-state index in [1.54, 1.807) is 49.8 Å². The maximum absolute atomic E-state index is 12.7. The van der Waals surface area contributed by atoms with Crippen LogP contribution in [-0.4, -0.2) is 46.7 Å². The van der Waals surface area contributed by atoms with Crippen LogP contribution in [0.15, 0.2) is 48.8 Å². The van der Waals surface area contributed by atoms with E-state index in [-0.39, 0.29) is 5.91 Å². The number of aromatic nitrogens is 4. The highest BCUT2D eigenvalue weighted by Crippen LogP contribution is 2.28. The number of amides is 1. The molecule has 3 aromatic heterocycles. The maximum Gasteiger partial charge on any atom is 0.316 e. The predicted octanol–water partition coefficient (Wildman–Crippen LogP) is 3.69. The van der Waals surface area contributed by atoms with Crippen LogP contribution in [0.1, 0.15) is 17.3 Å². The van der Waals surface area contributed by atoms with Gasteiger partial charge in [0.1, 0.15) is 5.82 Å².